The van der Waals surface area contributed by atoms with Crippen molar-refractivity contribution in [2.24, 2.45) is 0 Å². The Morgan fingerprint density at radius 1 is 1.00 bits per heavy atom. The van der Waals surface area contributed by atoms with Gasteiger partial charge in [0.25, 0.3) is 0 Å². The molecule has 0 spiro atoms. The SMILES string of the molecule is Cc1cn(C(C)c2ccccc2)c(C)c1C. The number of aryl methyl sites for hydroxylation is 1. The molecule has 0 fully saturated rings. The predicted octanol–water partition coefficient (Wildman–Crippen LogP) is 4.02. The molecular weight excluding hydrogens is 194 g/mol. The molecule has 0 aliphatic heterocycles. The number of hydrogen-bond acceptors (Lipinski definition) is 0. The van der Waals surface area contributed by atoms with Gasteiger partial charge in [-0.05, 0) is 44.4 Å². The molecule has 1 heteroatoms. The monoisotopic (exact) mass is 213 g/mol. The third-order valence-corrected chi connectivity index (χ3v) is 3.55. The lowest BCUT2D eigenvalue weighted by atomic mass is 10.1. The first-order chi connectivity index (χ1) is 7.61. The molecule has 2 aromatic rings. The van der Waals surface area contributed by atoms with Crippen LogP contribution in [-0.4, -0.2) is 4.57 Å². The fourth-order valence-electron chi connectivity index (χ4n) is 2.18. The van der Waals surface area contributed by atoms with Gasteiger partial charge >= 0.3 is 0 Å². The van der Waals surface area contributed by atoms with Crippen LogP contribution in [0, 0.1) is 20.8 Å². The third-order valence-electron chi connectivity index (χ3n) is 3.55. The van der Waals surface area contributed by atoms with Crippen LogP contribution in [0.4, 0.5) is 0 Å². The Morgan fingerprint density at radius 3 is 2.12 bits per heavy atom. The molecule has 2 rings (SSSR count). The fourth-order valence-corrected chi connectivity index (χ4v) is 2.18. The standard InChI is InChI=1S/C15H19N/c1-11-10-16(13(3)12(11)2)14(4)15-8-6-5-7-9-15/h5-10,14H,1-4H3. The number of hydrogen-bond donors (Lipinski definition) is 0. The van der Waals surface area contributed by atoms with Crippen LogP contribution in [-0.2, 0) is 0 Å². The highest BCUT2D eigenvalue weighted by Gasteiger charge is 2.12. The van der Waals surface area contributed by atoms with Crippen molar-refractivity contribution in [1.29, 1.82) is 0 Å². The average Bonchev–Trinajstić information content (AvgIpc) is 2.57. The first-order valence-corrected chi connectivity index (χ1v) is 5.81. The van der Waals surface area contributed by atoms with E-state index in [1.54, 1.807) is 0 Å². The Labute approximate surface area is 97.7 Å². The summed E-state index contributed by atoms with van der Waals surface area (Å²) in [6, 6.07) is 11.1. The van der Waals surface area contributed by atoms with Crippen LogP contribution in [0.25, 0.3) is 0 Å². The summed E-state index contributed by atoms with van der Waals surface area (Å²) >= 11 is 0. The normalized spacial score (nSPS) is 12.8. The van der Waals surface area contributed by atoms with E-state index in [0.717, 1.165) is 0 Å². The van der Waals surface area contributed by atoms with Crippen LogP contribution in [0.3, 0.4) is 0 Å². The van der Waals surface area contributed by atoms with Crippen LogP contribution in [0.15, 0.2) is 36.5 Å². The Hall–Kier alpha value is -1.50. The van der Waals surface area contributed by atoms with E-state index in [0.29, 0.717) is 6.04 Å². The van der Waals surface area contributed by atoms with Gasteiger partial charge in [0.05, 0.1) is 6.04 Å². The van der Waals surface area contributed by atoms with Gasteiger partial charge in [-0.1, -0.05) is 30.3 Å². The summed E-state index contributed by atoms with van der Waals surface area (Å²) in [5.41, 5.74) is 5.51. The number of nitrogens with zero attached hydrogens (tertiary/aromatic N) is 1. The maximum Gasteiger partial charge on any atom is 0.0554 e. The second-order valence-electron chi connectivity index (χ2n) is 4.52. The number of benzene rings is 1. The van der Waals surface area contributed by atoms with Crippen molar-refractivity contribution in [2.75, 3.05) is 0 Å². The Kier molecular flexibility index (Phi) is 2.86. The summed E-state index contributed by atoms with van der Waals surface area (Å²) in [7, 11) is 0. The topological polar surface area (TPSA) is 4.93 Å². The summed E-state index contributed by atoms with van der Waals surface area (Å²) < 4.78 is 2.36. The minimum Gasteiger partial charge on any atom is -0.344 e. The largest absolute Gasteiger partial charge is 0.344 e. The summed E-state index contributed by atoms with van der Waals surface area (Å²) in [6.07, 6.45) is 2.25. The van der Waals surface area contributed by atoms with Gasteiger partial charge in [0.1, 0.15) is 0 Å². The van der Waals surface area contributed by atoms with Crippen molar-refractivity contribution in [3.63, 3.8) is 0 Å². The first-order valence-electron chi connectivity index (χ1n) is 5.81. The summed E-state index contributed by atoms with van der Waals surface area (Å²) in [5.74, 6) is 0. The van der Waals surface area contributed by atoms with Gasteiger partial charge in [0.15, 0.2) is 0 Å². The highest BCUT2D eigenvalue weighted by Crippen LogP contribution is 2.24. The maximum absolute atomic E-state index is 2.36. The van der Waals surface area contributed by atoms with Crippen LogP contribution >= 0.6 is 0 Å². The molecule has 16 heavy (non-hydrogen) atoms. The van der Waals surface area contributed by atoms with E-state index in [9.17, 15) is 0 Å². The Morgan fingerprint density at radius 2 is 1.62 bits per heavy atom. The molecule has 0 amide bonds. The van der Waals surface area contributed by atoms with Crippen LogP contribution in [0.5, 0.6) is 0 Å². The second kappa shape index (κ2) is 4.17. The van der Waals surface area contributed by atoms with Gasteiger partial charge in [0.2, 0.25) is 0 Å². The fraction of sp³-hybridized carbons (Fsp3) is 0.333. The van der Waals surface area contributed by atoms with Crippen molar-refractivity contribution < 1.29 is 0 Å². The van der Waals surface area contributed by atoms with Crippen molar-refractivity contribution in [2.45, 2.75) is 33.7 Å². The Balaban J connectivity index is 2.42. The van der Waals surface area contributed by atoms with Crippen molar-refractivity contribution in [3.05, 3.63) is 58.9 Å². The molecular formula is C15H19N. The summed E-state index contributed by atoms with van der Waals surface area (Å²) in [6.45, 7) is 8.82. The van der Waals surface area contributed by atoms with E-state index in [-0.39, 0.29) is 0 Å². The van der Waals surface area contributed by atoms with Gasteiger partial charge in [-0.2, -0.15) is 0 Å². The van der Waals surface area contributed by atoms with Gasteiger partial charge in [-0.25, -0.2) is 0 Å². The quantitative estimate of drug-likeness (QED) is 0.710. The molecule has 1 aromatic heterocycles. The van der Waals surface area contributed by atoms with Crippen molar-refractivity contribution >= 4 is 0 Å². The molecule has 84 valence electrons. The molecule has 1 heterocycles. The minimum absolute atomic E-state index is 0.411. The van der Waals surface area contributed by atoms with E-state index >= 15 is 0 Å². The van der Waals surface area contributed by atoms with Gasteiger partial charge in [-0.15, -0.1) is 0 Å². The zero-order chi connectivity index (χ0) is 11.7. The second-order valence-corrected chi connectivity index (χ2v) is 4.52. The summed E-state index contributed by atoms with van der Waals surface area (Å²) in [5, 5.41) is 0. The molecule has 0 saturated heterocycles. The molecule has 0 radical (unpaired) electrons. The maximum atomic E-state index is 2.36. The highest BCUT2D eigenvalue weighted by atomic mass is 15.0. The lowest BCUT2D eigenvalue weighted by molar-refractivity contribution is 0.624. The average molecular weight is 213 g/mol. The Bertz CT molecular complexity index is 480. The minimum atomic E-state index is 0.411. The van der Waals surface area contributed by atoms with E-state index < -0.39 is 0 Å². The van der Waals surface area contributed by atoms with Crippen LogP contribution < -0.4 is 0 Å². The van der Waals surface area contributed by atoms with E-state index in [1.165, 1.54) is 22.4 Å². The molecule has 0 aliphatic rings. The molecule has 1 atom stereocenters. The van der Waals surface area contributed by atoms with Crippen LogP contribution in [0.1, 0.15) is 35.3 Å². The van der Waals surface area contributed by atoms with Gasteiger partial charge in [0, 0.05) is 11.9 Å². The lowest BCUT2D eigenvalue weighted by Crippen LogP contribution is -2.07. The molecule has 0 saturated carbocycles. The van der Waals surface area contributed by atoms with Crippen molar-refractivity contribution in [3.8, 4) is 0 Å². The molecule has 0 N–H and O–H groups in total. The van der Waals surface area contributed by atoms with Gasteiger partial charge < -0.3 is 4.57 Å². The lowest BCUT2D eigenvalue weighted by Gasteiger charge is -2.16. The van der Waals surface area contributed by atoms with E-state index in [2.05, 4.69) is 68.8 Å². The highest BCUT2D eigenvalue weighted by molar-refractivity contribution is 5.31. The third kappa shape index (κ3) is 1.78. The molecule has 0 bridgehead atoms. The molecule has 1 nitrogen and oxygen atoms in total. The number of aromatic nitrogens is 1. The molecule has 1 aromatic carbocycles. The van der Waals surface area contributed by atoms with Gasteiger partial charge in [-0.3, -0.25) is 0 Å². The van der Waals surface area contributed by atoms with Crippen LogP contribution in [0.2, 0.25) is 0 Å². The zero-order valence-corrected chi connectivity index (χ0v) is 10.5. The van der Waals surface area contributed by atoms with E-state index in [1.807, 2.05) is 0 Å². The first kappa shape index (κ1) is 11.0. The smallest absolute Gasteiger partial charge is 0.0554 e. The molecule has 1 unspecified atom stereocenters. The van der Waals surface area contributed by atoms with Crippen molar-refractivity contribution in [1.82, 2.24) is 4.57 Å². The number of rotatable bonds is 2. The predicted molar refractivity (Wildman–Crippen MR) is 68.9 cm³/mol. The zero-order valence-electron chi connectivity index (χ0n) is 10.5. The van der Waals surface area contributed by atoms with E-state index in [4.69, 9.17) is 0 Å². The molecule has 0 aliphatic carbocycles. The summed E-state index contributed by atoms with van der Waals surface area (Å²) in [4.78, 5) is 0.